The zero-order chi connectivity index (χ0) is 13.8. The van der Waals surface area contributed by atoms with Crippen molar-refractivity contribution in [2.45, 2.75) is 58.6 Å². The summed E-state index contributed by atoms with van der Waals surface area (Å²) < 4.78 is 0. The Balaban J connectivity index is 1.99. The maximum Gasteiger partial charge on any atom is 0.0919 e. The molecule has 19 heavy (non-hydrogen) atoms. The van der Waals surface area contributed by atoms with Gasteiger partial charge in [0.15, 0.2) is 0 Å². The van der Waals surface area contributed by atoms with Crippen molar-refractivity contribution in [1.29, 1.82) is 0 Å². The van der Waals surface area contributed by atoms with E-state index in [-0.39, 0.29) is 6.10 Å². The van der Waals surface area contributed by atoms with Crippen LogP contribution in [0.1, 0.15) is 55.4 Å². The lowest BCUT2D eigenvalue weighted by Gasteiger charge is -2.25. The zero-order valence-corrected chi connectivity index (χ0v) is 12.5. The molecule has 1 atom stereocenters. The van der Waals surface area contributed by atoms with Gasteiger partial charge in [-0.25, -0.2) is 0 Å². The van der Waals surface area contributed by atoms with Gasteiger partial charge in [-0.15, -0.1) is 0 Å². The van der Waals surface area contributed by atoms with Crippen molar-refractivity contribution in [3.8, 4) is 0 Å². The average Bonchev–Trinajstić information content (AvgIpc) is 3.18. The van der Waals surface area contributed by atoms with Crippen LogP contribution in [-0.4, -0.2) is 29.1 Å². The lowest BCUT2D eigenvalue weighted by molar-refractivity contribution is 0.107. The molecule has 1 aromatic carbocycles. The Hall–Kier alpha value is -0.860. The molecule has 1 N–H and O–H groups in total. The van der Waals surface area contributed by atoms with Crippen LogP contribution in [0.5, 0.6) is 0 Å². The number of benzene rings is 1. The van der Waals surface area contributed by atoms with Crippen molar-refractivity contribution in [1.82, 2.24) is 4.90 Å². The van der Waals surface area contributed by atoms with Crippen LogP contribution in [0.25, 0.3) is 0 Å². The van der Waals surface area contributed by atoms with E-state index in [9.17, 15) is 5.11 Å². The molecule has 0 spiro atoms. The highest BCUT2D eigenvalue weighted by molar-refractivity contribution is 5.32. The average molecular weight is 261 g/mol. The van der Waals surface area contributed by atoms with Gasteiger partial charge in [-0.3, -0.25) is 4.90 Å². The summed E-state index contributed by atoms with van der Waals surface area (Å²) in [4.78, 5) is 2.48. The Kier molecular flexibility index (Phi) is 5.00. The number of rotatable bonds is 7. The van der Waals surface area contributed by atoms with Crippen molar-refractivity contribution in [3.63, 3.8) is 0 Å². The molecule has 0 aromatic heterocycles. The lowest BCUT2D eigenvalue weighted by Crippen LogP contribution is -2.32. The third-order valence-corrected chi connectivity index (χ3v) is 4.05. The minimum Gasteiger partial charge on any atom is -0.387 e. The molecular weight excluding hydrogens is 234 g/mol. The van der Waals surface area contributed by atoms with Crippen LogP contribution in [0, 0.1) is 13.8 Å². The third kappa shape index (κ3) is 4.05. The summed E-state index contributed by atoms with van der Waals surface area (Å²) >= 11 is 0. The first-order valence-corrected chi connectivity index (χ1v) is 7.61. The molecule has 0 amide bonds. The number of unbranched alkanes of at least 4 members (excludes halogenated alkanes) is 1. The van der Waals surface area contributed by atoms with E-state index in [4.69, 9.17) is 0 Å². The quantitative estimate of drug-likeness (QED) is 0.810. The van der Waals surface area contributed by atoms with Crippen LogP contribution < -0.4 is 0 Å². The Labute approximate surface area is 117 Å². The van der Waals surface area contributed by atoms with Gasteiger partial charge >= 0.3 is 0 Å². The minimum absolute atomic E-state index is 0.349. The van der Waals surface area contributed by atoms with Gasteiger partial charge in [0.25, 0.3) is 0 Å². The third-order valence-electron chi connectivity index (χ3n) is 4.05. The van der Waals surface area contributed by atoms with Crippen LogP contribution in [0.2, 0.25) is 0 Å². The second kappa shape index (κ2) is 6.53. The van der Waals surface area contributed by atoms with Gasteiger partial charge in [0.05, 0.1) is 6.10 Å². The van der Waals surface area contributed by atoms with Gasteiger partial charge in [0, 0.05) is 12.6 Å². The maximum atomic E-state index is 10.5. The standard InChI is InChI=1S/C17H27NO/c1-4-5-10-18(15-7-8-15)12-17(19)16-9-6-13(2)11-14(16)3/h6,9,11,15,17,19H,4-5,7-8,10,12H2,1-3H3. The Morgan fingerprint density at radius 3 is 2.63 bits per heavy atom. The van der Waals surface area contributed by atoms with E-state index >= 15 is 0 Å². The number of aliphatic hydroxyl groups excluding tert-OH is 1. The fourth-order valence-electron chi connectivity index (χ4n) is 2.74. The highest BCUT2D eigenvalue weighted by atomic mass is 16.3. The Morgan fingerprint density at radius 2 is 2.05 bits per heavy atom. The lowest BCUT2D eigenvalue weighted by atomic mass is 10.0. The second-order valence-corrected chi connectivity index (χ2v) is 5.96. The predicted octanol–water partition coefficient (Wildman–Crippen LogP) is 3.60. The van der Waals surface area contributed by atoms with Crippen molar-refractivity contribution in [2.75, 3.05) is 13.1 Å². The Morgan fingerprint density at radius 1 is 1.32 bits per heavy atom. The SMILES string of the molecule is CCCCN(CC(O)c1ccc(C)cc1C)C1CC1. The number of hydrogen-bond acceptors (Lipinski definition) is 2. The monoisotopic (exact) mass is 261 g/mol. The summed E-state index contributed by atoms with van der Waals surface area (Å²) in [5, 5.41) is 10.5. The summed E-state index contributed by atoms with van der Waals surface area (Å²) in [6.45, 7) is 8.34. The fourth-order valence-corrected chi connectivity index (χ4v) is 2.74. The number of aryl methyl sites for hydroxylation is 2. The minimum atomic E-state index is -0.349. The summed E-state index contributed by atoms with van der Waals surface area (Å²) in [6, 6.07) is 7.07. The van der Waals surface area contributed by atoms with Crippen molar-refractivity contribution < 1.29 is 5.11 Å². The normalized spacial score (nSPS) is 16.9. The van der Waals surface area contributed by atoms with E-state index in [1.165, 1.54) is 36.8 Å². The first-order chi connectivity index (χ1) is 9.11. The van der Waals surface area contributed by atoms with E-state index in [0.29, 0.717) is 0 Å². The second-order valence-electron chi connectivity index (χ2n) is 5.96. The predicted molar refractivity (Wildman–Crippen MR) is 80.4 cm³/mol. The molecule has 1 aliphatic rings. The molecule has 0 saturated heterocycles. The molecule has 1 unspecified atom stereocenters. The molecule has 2 nitrogen and oxygen atoms in total. The molecule has 0 bridgehead atoms. The van der Waals surface area contributed by atoms with E-state index < -0.39 is 0 Å². The fraction of sp³-hybridized carbons (Fsp3) is 0.647. The molecule has 0 aliphatic heterocycles. The summed E-state index contributed by atoms with van der Waals surface area (Å²) in [7, 11) is 0. The van der Waals surface area contributed by atoms with Crippen LogP contribution in [0.15, 0.2) is 18.2 Å². The molecule has 2 rings (SSSR count). The molecule has 1 aliphatic carbocycles. The van der Waals surface area contributed by atoms with Crippen LogP contribution >= 0.6 is 0 Å². The van der Waals surface area contributed by atoms with Gasteiger partial charge in [-0.05, 0) is 50.8 Å². The van der Waals surface area contributed by atoms with Gasteiger partial charge in [0.1, 0.15) is 0 Å². The molecular formula is C17H27NO. The molecule has 1 aromatic rings. The summed E-state index contributed by atoms with van der Waals surface area (Å²) in [5.41, 5.74) is 3.56. The first-order valence-electron chi connectivity index (χ1n) is 7.61. The molecule has 106 valence electrons. The van der Waals surface area contributed by atoms with Gasteiger partial charge in [0.2, 0.25) is 0 Å². The van der Waals surface area contributed by atoms with Crippen molar-refractivity contribution in [2.24, 2.45) is 0 Å². The largest absolute Gasteiger partial charge is 0.387 e. The van der Waals surface area contributed by atoms with Crippen molar-refractivity contribution >= 4 is 0 Å². The number of hydrogen-bond donors (Lipinski definition) is 1. The number of aliphatic hydroxyl groups is 1. The molecule has 2 heteroatoms. The van der Waals surface area contributed by atoms with Crippen LogP contribution in [-0.2, 0) is 0 Å². The highest BCUT2D eigenvalue weighted by Gasteiger charge is 2.30. The number of nitrogens with zero attached hydrogens (tertiary/aromatic N) is 1. The topological polar surface area (TPSA) is 23.5 Å². The van der Waals surface area contributed by atoms with E-state index in [2.05, 4.69) is 43.9 Å². The highest BCUT2D eigenvalue weighted by Crippen LogP contribution is 2.29. The maximum absolute atomic E-state index is 10.5. The zero-order valence-electron chi connectivity index (χ0n) is 12.5. The van der Waals surface area contributed by atoms with Crippen LogP contribution in [0.4, 0.5) is 0 Å². The Bertz CT molecular complexity index is 412. The summed E-state index contributed by atoms with van der Waals surface area (Å²) in [6.07, 6.45) is 4.73. The van der Waals surface area contributed by atoms with Gasteiger partial charge in [-0.1, -0.05) is 37.1 Å². The smallest absolute Gasteiger partial charge is 0.0919 e. The van der Waals surface area contributed by atoms with E-state index in [1.807, 2.05) is 0 Å². The molecule has 1 saturated carbocycles. The van der Waals surface area contributed by atoms with E-state index in [1.54, 1.807) is 0 Å². The molecule has 0 heterocycles. The van der Waals surface area contributed by atoms with Gasteiger partial charge < -0.3 is 5.11 Å². The molecule has 0 radical (unpaired) electrons. The van der Waals surface area contributed by atoms with E-state index in [0.717, 1.165) is 24.7 Å². The summed E-state index contributed by atoms with van der Waals surface area (Å²) in [5.74, 6) is 0. The van der Waals surface area contributed by atoms with Crippen molar-refractivity contribution in [3.05, 3.63) is 34.9 Å². The van der Waals surface area contributed by atoms with Gasteiger partial charge in [-0.2, -0.15) is 0 Å². The molecule has 1 fully saturated rings. The first kappa shape index (κ1) is 14.5. The van der Waals surface area contributed by atoms with Crippen LogP contribution in [0.3, 0.4) is 0 Å².